The van der Waals surface area contributed by atoms with E-state index in [9.17, 15) is 5.26 Å². The number of nitrogens with one attached hydrogen (secondary N) is 1. The first-order valence-electron chi connectivity index (χ1n) is 6.86. The van der Waals surface area contributed by atoms with E-state index < -0.39 is 0 Å². The van der Waals surface area contributed by atoms with Crippen molar-refractivity contribution in [1.82, 2.24) is 10.2 Å². The van der Waals surface area contributed by atoms with Crippen molar-refractivity contribution in [3.8, 4) is 11.9 Å². The van der Waals surface area contributed by atoms with Gasteiger partial charge in [-0.1, -0.05) is 13.3 Å². The van der Waals surface area contributed by atoms with Crippen molar-refractivity contribution < 1.29 is 4.74 Å². The normalized spacial score (nSPS) is 17.3. The fraction of sp³-hybridized carbons (Fsp3) is 0.333. The van der Waals surface area contributed by atoms with Gasteiger partial charge in [-0.05, 0) is 30.4 Å². The smallest absolute Gasteiger partial charge is 0.244 e. The first kappa shape index (κ1) is 13.7. The number of rotatable bonds is 3. The predicted molar refractivity (Wildman–Crippen MR) is 80.9 cm³/mol. The van der Waals surface area contributed by atoms with Crippen molar-refractivity contribution in [1.29, 1.82) is 5.26 Å². The molecule has 0 aromatic carbocycles. The average molecular weight is 300 g/mol. The molecule has 1 aliphatic heterocycles. The van der Waals surface area contributed by atoms with Crippen LogP contribution in [0.2, 0.25) is 0 Å². The number of nitrogens with zero attached hydrogens (tertiary/aromatic N) is 2. The van der Waals surface area contributed by atoms with E-state index in [0.29, 0.717) is 11.5 Å². The predicted octanol–water partition coefficient (Wildman–Crippen LogP) is 2.95. The molecule has 2 aromatic heterocycles. The third-order valence-corrected chi connectivity index (χ3v) is 4.59. The number of thiophene rings is 1. The lowest BCUT2D eigenvalue weighted by molar-refractivity contribution is 0.378. The van der Waals surface area contributed by atoms with E-state index in [1.165, 1.54) is 4.88 Å². The summed E-state index contributed by atoms with van der Waals surface area (Å²) in [7, 11) is 0. The summed E-state index contributed by atoms with van der Waals surface area (Å²) in [5.41, 5.74) is 9.44. The molecular formula is C15H16N4OS. The van der Waals surface area contributed by atoms with Gasteiger partial charge in [0, 0.05) is 16.1 Å². The summed E-state index contributed by atoms with van der Waals surface area (Å²) < 4.78 is 5.53. The Morgan fingerprint density at radius 1 is 1.57 bits per heavy atom. The fourth-order valence-electron chi connectivity index (χ4n) is 2.75. The highest BCUT2D eigenvalue weighted by molar-refractivity contribution is 7.10. The Bertz CT molecular complexity index is 750. The van der Waals surface area contributed by atoms with Gasteiger partial charge < -0.3 is 10.5 Å². The van der Waals surface area contributed by atoms with Gasteiger partial charge in [0.2, 0.25) is 11.8 Å². The number of hydrogen-bond acceptors (Lipinski definition) is 5. The molecule has 1 atom stereocenters. The quantitative estimate of drug-likeness (QED) is 0.912. The molecule has 0 spiro atoms. The molecule has 0 saturated carbocycles. The van der Waals surface area contributed by atoms with E-state index in [1.807, 2.05) is 11.4 Å². The molecule has 0 aliphatic carbocycles. The van der Waals surface area contributed by atoms with Gasteiger partial charge in [0.1, 0.15) is 11.6 Å². The zero-order valence-electron chi connectivity index (χ0n) is 11.9. The zero-order valence-corrected chi connectivity index (χ0v) is 12.8. The minimum Gasteiger partial charge on any atom is -0.420 e. The highest BCUT2D eigenvalue weighted by Crippen LogP contribution is 2.44. The second-order valence-corrected chi connectivity index (χ2v) is 6.15. The molecule has 21 heavy (non-hydrogen) atoms. The average Bonchev–Trinajstić information content (AvgIpc) is 3.05. The van der Waals surface area contributed by atoms with Crippen molar-refractivity contribution in [3.63, 3.8) is 0 Å². The van der Waals surface area contributed by atoms with Crippen LogP contribution in [0.3, 0.4) is 0 Å². The molecule has 3 rings (SSSR count). The van der Waals surface area contributed by atoms with Crippen LogP contribution in [0.25, 0.3) is 0 Å². The topological polar surface area (TPSA) is 87.7 Å². The third-order valence-electron chi connectivity index (χ3n) is 3.73. The lowest BCUT2D eigenvalue weighted by Crippen LogP contribution is -2.21. The highest BCUT2D eigenvalue weighted by atomic mass is 32.1. The van der Waals surface area contributed by atoms with Crippen molar-refractivity contribution in [3.05, 3.63) is 44.6 Å². The summed E-state index contributed by atoms with van der Waals surface area (Å²) in [5, 5.41) is 18.8. The van der Waals surface area contributed by atoms with Gasteiger partial charge >= 0.3 is 0 Å². The molecule has 2 aromatic rings. The third kappa shape index (κ3) is 2.10. The molecule has 0 saturated heterocycles. The molecule has 5 nitrogen and oxygen atoms in total. The molecule has 0 amide bonds. The minimum absolute atomic E-state index is 0.148. The van der Waals surface area contributed by atoms with E-state index in [1.54, 1.807) is 11.3 Å². The summed E-state index contributed by atoms with van der Waals surface area (Å²) in [4.78, 5) is 1.18. The number of hydrogen-bond donors (Lipinski definition) is 2. The maximum absolute atomic E-state index is 9.51. The molecule has 0 fully saturated rings. The van der Waals surface area contributed by atoms with Crippen molar-refractivity contribution in [2.24, 2.45) is 5.73 Å². The second kappa shape index (κ2) is 5.26. The Kier molecular flexibility index (Phi) is 3.43. The second-order valence-electron chi connectivity index (χ2n) is 5.03. The van der Waals surface area contributed by atoms with Crippen LogP contribution in [-0.2, 0) is 6.42 Å². The van der Waals surface area contributed by atoms with Crippen molar-refractivity contribution in [2.75, 3.05) is 0 Å². The Morgan fingerprint density at radius 2 is 2.38 bits per heavy atom. The molecule has 6 heteroatoms. The molecule has 108 valence electrons. The van der Waals surface area contributed by atoms with Crippen LogP contribution in [0, 0.1) is 18.3 Å². The summed E-state index contributed by atoms with van der Waals surface area (Å²) >= 11 is 1.66. The standard InChI is InChI=1S/C15H16N4OS/c1-3-4-11-13-12(9-5-6-21-8(9)2)10(7-16)14(17)20-15(13)19-18-11/h5-6,12H,3-4,17H2,1-2H3,(H,18,19). The molecule has 3 N–H and O–H groups in total. The van der Waals surface area contributed by atoms with Crippen LogP contribution in [0.1, 0.15) is 41.0 Å². The summed E-state index contributed by atoms with van der Waals surface area (Å²) in [6, 6.07) is 4.26. The van der Waals surface area contributed by atoms with Crippen molar-refractivity contribution in [2.45, 2.75) is 32.6 Å². The molecule has 3 heterocycles. The number of H-pyrrole nitrogens is 1. The van der Waals surface area contributed by atoms with Crippen LogP contribution >= 0.6 is 11.3 Å². The molecule has 1 aliphatic rings. The number of fused-ring (bicyclic) bond motifs is 1. The van der Waals surface area contributed by atoms with Gasteiger partial charge in [-0.3, -0.25) is 5.10 Å². The van der Waals surface area contributed by atoms with E-state index in [-0.39, 0.29) is 11.8 Å². The monoisotopic (exact) mass is 300 g/mol. The number of nitrogens with two attached hydrogens (primary N) is 1. The number of aromatic nitrogens is 2. The van der Waals surface area contributed by atoms with Gasteiger partial charge in [0.05, 0.1) is 5.92 Å². The van der Waals surface area contributed by atoms with E-state index in [0.717, 1.165) is 29.7 Å². The highest BCUT2D eigenvalue weighted by Gasteiger charge is 2.35. The Morgan fingerprint density at radius 3 is 3.00 bits per heavy atom. The van der Waals surface area contributed by atoms with Crippen LogP contribution in [0.5, 0.6) is 5.88 Å². The number of aryl methyl sites for hydroxylation is 2. The molecule has 0 bridgehead atoms. The van der Waals surface area contributed by atoms with Crippen molar-refractivity contribution >= 4 is 11.3 Å². The Balaban J connectivity index is 2.22. The first-order valence-corrected chi connectivity index (χ1v) is 7.74. The lowest BCUT2D eigenvalue weighted by Gasteiger charge is -2.23. The van der Waals surface area contributed by atoms with E-state index in [2.05, 4.69) is 30.1 Å². The number of allylic oxidation sites excluding steroid dienone is 1. The first-order chi connectivity index (χ1) is 10.2. The summed E-state index contributed by atoms with van der Waals surface area (Å²) in [6.07, 6.45) is 1.86. The van der Waals surface area contributed by atoms with Crippen LogP contribution in [-0.4, -0.2) is 10.2 Å². The maximum atomic E-state index is 9.51. The Hall–Kier alpha value is -2.26. The Labute approximate surface area is 127 Å². The van der Waals surface area contributed by atoms with Crippen LogP contribution in [0.4, 0.5) is 0 Å². The largest absolute Gasteiger partial charge is 0.420 e. The SMILES string of the molecule is CCCc1[nH]nc2c1C(c1ccsc1C)C(C#N)=C(N)O2. The zero-order chi connectivity index (χ0) is 15.0. The van der Waals surface area contributed by atoms with Gasteiger partial charge in [-0.25, -0.2) is 0 Å². The summed E-state index contributed by atoms with van der Waals surface area (Å²) in [5.74, 6) is 0.450. The van der Waals surface area contributed by atoms with Crippen LogP contribution in [0.15, 0.2) is 22.9 Å². The van der Waals surface area contributed by atoms with E-state index in [4.69, 9.17) is 10.5 Å². The number of nitriles is 1. The summed E-state index contributed by atoms with van der Waals surface area (Å²) in [6.45, 7) is 4.16. The van der Waals surface area contributed by atoms with Gasteiger partial charge in [-0.2, -0.15) is 5.26 Å². The van der Waals surface area contributed by atoms with E-state index >= 15 is 0 Å². The van der Waals surface area contributed by atoms with Crippen LogP contribution < -0.4 is 10.5 Å². The fourth-order valence-corrected chi connectivity index (χ4v) is 3.50. The van der Waals surface area contributed by atoms with Gasteiger partial charge in [-0.15, -0.1) is 16.4 Å². The van der Waals surface area contributed by atoms with Gasteiger partial charge in [0.15, 0.2) is 0 Å². The van der Waals surface area contributed by atoms with Gasteiger partial charge in [0.25, 0.3) is 0 Å². The molecule has 1 unspecified atom stereocenters. The number of ether oxygens (including phenoxy) is 1. The lowest BCUT2D eigenvalue weighted by atomic mass is 9.84. The number of aromatic amines is 1. The minimum atomic E-state index is -0.190. The molecule has 0 radical (unpaired) electrons. The molecular weight excluding hydrogens is 284 g/mol. The maximum Gasteiger partial charge on any atom is 0.244 e.